The Bertz CT molecular complexity index is 2100. The van der Waals surface area contributed by atoms with E-state index in [2.05, 4.69) is 0 Å². The number of hydrogen-bond donors (Lipinski definition) is 0. The first kappa shape index (κ1) is 44.5. The quantitative estimate of drug-likeness (QED) is 0.164. The van der Waals surface area contributed by atoms with Crippen molar-refractivity contribution < 1.29 is 38.1 Å². The van der Waals surface area contributed by atoms with Crippen LogP contribution < -0.4 is 9.47 Å². The van der Waals surface area contributed by atoms with Crippen LogP contribution in [0.15, 0.2) is 36.0 Å². The number of aryl methyl sites for hydroxylation is 1. The lowest BCUT2D eigenvalue weighted by molar-refractivity contribution is -0.129. The lowest BCUT2D eigenvalue weighted by atomic mass is 9.83. The Morgan fingerprint density at radius 2 is 1.64 bits per heavy atom. The Kier molecular flexibility index (Phi) is 13.5. The van der Waals surface area contributed by atoms with E-state index < -0.39 is 35.5 Å². The summed E-state index contributed by atoms with van der Waals surface area (Å²) in [5, 5.41) is 1.63. The van der Waals surface area contributed by atoms with Crippen LogP contribution in [0.25, 0.3) is 5.57 Å². The molecule has 2 aromatic carbocycles. The second-order valence-electron chi connectivity index (χ2n) is 17.4. The van der Waals surface area contributed by atoms with Crippen LogP contribution in [-0.4, -0.2) is 101 Å². The molecule has 3 heterocycles. The van der Waals surface area contributed by atoms with Crippen LogP contribution in [0, 0.1) is 20.8 Å². The molecule has 1 aromatic heterocycles. The molecule has 2 atom stereocenters. The summed E-state index contributed by atoms with van der Waals surface area (Å²) in [6, 6.07) is 6.37. The number of rotatable bonds is 12. The van der Waals surface area contributed by atoms with E-state index in [1.807, 2.05) is 91.5 Å². The number of benzene rings is 2. The minimum atomic E-state index is -0.817. The molecule has 320 valence electrons. The van der Waals surface area contributed by atoms with Crippen molar-refractivity contribution in [3.8, 4) is 11.5 Å². The third-order valence-corrected chi connectivity index (χ3v) is 12.3. The molecule has 1 saturated heterocycles. The number of halogens is 2. The number of carbonyl (C=O) groups is 3. The zero-order valence-electron chi connectivity index (χ0n) is 35.7. The van der Waals surface area contributed by atoms with Crippen LogP contribution >= 0.6 is 34.5 Å². The molecule has 3 aromatic rings. The molecule has 59 heavy (non-hydrogen) atoms. The SMILES string of the molecule is COc1cccc(CN(C(=O)C2=C(c3cnc(COCCOc4c(Cl)cc(C)c(C)c4Cl)s3)CC3CN(C(=O)OC(C)(C)C)CC2N3C(=O)OC(C)(C)C)C2CC2)c1C. The Morgan fingerprint density at radius 1 is 0.949 bits per heavy atom. The van der Waals surface area contributed by atoms with Crippen molar-refractivity contribution >= 4 is 58.2 Å². The molecule has 1 aliphatic carbocycles. The van der Waals surface area contributed by atoms with E-state index in [0.717, 1.165) is 51.3 Å². The van der Waals surface area contributed by atoms with Gasteiger partial charge in [0.2, 0.25) is 0 Å². The molecule has 12 nitrogen and oxygen atoms in total. The normalized spacial score (nSPS) is 18.2. The maximum atomic E-state index is 15.4. The molecule has 2 bridgehead atoms. The summed E-state index contributed by atoms with van der Waals surface area (Å²) in [5.41, 5.74) is 3.52. The maximum Gasteiger partial charge on any atom is 0.411 e. The third-order valence-electron chi connectivity index (χ3n) is 10.6. The van der Waals surface area contributed by atoms with Gasteiger partial charge in [0, 0.05) is 37.4 Å². The molecule has 6 rings (SSSR count). The number of methoxy groups -OCH3 is 1. The highest BCUT2D eigenvalue weighted by Crippen LogP contribution is 2.44. The van der Waals surface area contributed by atoms with E-state index in [1.54, 1.807) is 23.1 Å². The number of nitrogens with zero attached hydrogens (tertiary/aromatic N) is 4. The number of amides is 3. The lowest BCUT2D eigenvalue weighted by Gasteiger charge is -2.51. The van der Waals surface area contributed by atoms with Gasteiger partial charge in [0.1, 0.15) is 28.6 Å². The van der Waals surface area contributed by atoms with Crippen molar-refractivity contribution in [2.75, 3.05) is 33.4 Å². The summed E-state index contributed by atoms with van der Waals surface area (Å²) < 4.78 is 29.3. The fourth-order valence-electron chi connectivity index (χ4n) is 7.45. The largest absolute Gasteiger partial charge is 0.496 e. The summed E-state index contributed by atoms with van der Waals surface area (Å²) in [4.78, 5) is 53.9. The van der Waals surface area contributed by atoms with Crippen molar-refractivity contribution in [2.45, 2.75) is 124 Å². The lowest BCUT2D eigenvalue weighted by Crippen LogP contribution is -2.66. The number of hydrogen-bond acceptors (Lipinski definition) is 10. The molecule has 2 fully saturated rings. The average Bonchev–Trinajstić information content (AvgIpc) is 3.88. The van der Waals surface area contributed by atoms with Gasteiger partial charge in [0.25, 0.3) is 5.91 Å². The maximum absolute atomic E-state index is 15.4. The Labute approximate surface area is 361 Å². The summed E-state index contributed by atoms with van der Waals surface area (Å²) in [6.07, 6.45) is 2.75. The Morgan fingerprint density at radius 3 is 2.31 bits per heavy atom. The summed E-state index contributed by atoms with van der Waals surface area (Å²) in [5.74, 6) is 0.974. The summed E-state index contributed by atoms with van der Waals surface area (Å²) in [7, 11) is 1.64. The van der Waals surface area contributed by atoms with Gasteiger partial charge in [-0.1, -0.05) is 35.3 Å². The monoisotopic (exact) mass is 870 g/mol. The molecule has 2 aliphatic heterocycles. The standard InChI is InChI=1S/C44H56Cl2N4O8S/c1-25-18-32(45)39(38(46)26(25)2)56-17-16-55-24-36-47-20-35(59-36)31-19-30-22-48(41(52)57-43(4,5)6)23-33(50(30)42(53)58-44(7,8)9)37(31)40(51)49(29-14-15-29)21-28-12-11-13-34(54-10)27(28)3/h11-13,18,20,29-30,33H,14-17,19,21-24H2,1-10H3. The second kappa shape index (κ2) is 17.9. The molecule has 0 spiro atoms. The summed E-state index contributed by atoms with van der Waals surface area (Å²) >= 11 is 14.4. The number of thiazole rings is 1. The van der Waals surface area contributed by atoms with Gasteiger partial charge in [-0.05, 0) is 122 Å². The van der Waals surface area contributed by atoms with E-state index in [0.29, 0.717) is 39.3 Å². The molecule has 0 radical (unpaired) electrons. The number of aromatic nitrogens is 1. The smallest absolute Gasteiger partial charge is 0.411 e. The Hall–Kier alpha value is -4.04. The van der Waals surface area contributed by atoms with Crippen LogP contribution in [0.3, 0.4) is 0 Å². The molecular formula is C44H56Cl2N4O8S. The highest BCUT2D eigenvalue weighted by molar-refractivity contribution is 7.12. The molecule has 15 heteroatoms. The van der Waals surface area contributed by atoms with Crippen LogP contribution in [0.4, 0.5) is 9.59 Å². The van der Waals surface area contributed by atoms with Crippen molar-refractivity contribution in [3.63, 3.8) is 0 Å². The first-order valence-corrected chi connectivity index (χ1v) is 21.6. The zero-order chi connectivity index (χ0) is 43.0. The van der Waals surface area contributed by atoms with Gasteiger partial charge in [0.05, 0.1) is 47.3 Å². The van der Waals surface area contributed by atoms with Crippen molar-refractivity contribution in [2.24, 2.45) is 0 Å². The highest BCUT2D eigenvalue weighted by atomic mass is 35.5. The molecule has 3 aliphatic rings. The second-order valence-corrected chi connectivity index (χ2v) is 19.3. The van der Waals surface area contributed by atoms with Gasteiger partial charge in [-0.2, -0.15) is 0 Å². The average molecular weight is 872 g/mol. The first-order chi connectivity index (χ1) is 27.8. The minimum Gasteiger partial charge on any atom is -0.496 e. The van der Waals surface area contributed by atoms with Crippen LogP contribution in [0.5, 0.6) is 11.5 Å². The van der Waals surface area contributed by atoms with Crippen molar-refractivity contribution in [1.82, 2.24) is 19.7 Å². The fraction of sp³-hybridized carbons (Fsp3) is 0.545. The topological polar surface area (TPSA) is 120 Å². The van der Waals surface area contributed by atoms with Crippen LogP contribution in [0.2, 0.25) is 10.0 Å². The van der Waals surface area contributed by atoms with Gasteiger partial charge in [-0.3, -0.25) is 9.69 Å². The molecule has 3 amide bonds. The van der Waals surface area contributed by atoms with E-state index in [4.69, 9.17) is 51.9 Å². The number of piperazine rings is 1. The van der Waals surface area contributed by atoms with E-state index in [1.165, 1.54) is 11.3 Å². The van der Waals surface area contributed by atoms with Crippen LogP contribution in [-0.2, 0) is 32.2 Å². The molecule has 1 saturated carbocycles. The summed E-state index contributed by atoms with van der Waals surface area (Å²) in [6.45, 7) is 18.1. The van der Waals surface area contributed by atoms with Gasteiger partial charge in [-0.25, -0.2) is 14.6 Å². The van der Waals surface area contributed by atoms with Gasteiger partial charge >= 0.3 is 12.2 Å². The Balaban J connectivity index is 1.34. The van der Waals surface area contributed by atoms with Gasteiger partial charge in [0.15, 0.2) is 5.75 Å². The highest BCUT2D eigenvalue weighted by Gasteiger charge is 2.51. The minimum absolute atomic E-state index is 0.0151. The molecule has 2 unspecified atom stereocenters. The number of carbonyl (C=O) groups excluding carboxylic acids is 3. The predicted molar refractivity (Wildman–Crippen MR) is 229 cm³/mol. The third kappa shape index (κ3) is 10.5. The zero-order valence-corrected chi connectivity index (χ0v) is 38.0. The van der Waals surface area contributed by atoms with Gasteiger partial charge < -0.3 is 33.5 Å². The number of fused-ring (bicyclic) bond motifs is 2. The van der Waals surface area contributed by atoms with E-state index >= 15 is 4.79 Å². The molecule has 0 N–H and O–H groups in total. The van der Waals surface area contributed by atoms with Crippen molar-refractivity contribution in [1.29, 1.82) is 0 Å². The van der Waals surface area contributed by atoms with Crippen LogP contribution in [0.1, 0.15) is 92.9 Å². The fourth-order valence-corrected chi connectivity index (χ4v) is 9.04. The van der Waals surface area contributed by atoms with Gasteiger partial charge in [-0.15, -0.1) is 11.3 Å². The number of ether oxygens (including phenoxy) is 5. The first-order valence-electron chi connectivity index (χ1n) is 20.0. The molecular weight excluding hydrogens is 815 g/mol. The van der Waals surface area contributed by atoms with E-state index in [9.17, 15) is 9.59 Å². The van der Waals surface area contributed by atoms with E-state index in [-0.39, 0.29) is 44.9 Å². The van der Waals surface area contributed by atoms with Crippen molar-refractivity contribution in [3.05, 3.63) is 78.2 Å². The predicted octanol–water partition coefficient (Wildman–Crippen LogP) is 9.55.